The van der Waals surface area contributed by atoms with Crippen molar-refractivity contribution in [1.82, 2.24) is 0 Å². The van der Waals surface area contributed by atoms with Crippen LogP contribution in [0, 0.1) is 0 Å². The zero-order valence-electron chi connectivity index (χ0n) is 10.9. The van der Waals surface area contributed by atoms with Crippen LogP contribution in [0.2, 0.25) is 10.0 Å². The molecule has 0 bridgehead atoms. The molecule has 0 heterocycles. The van der Waals surface area contributed by atoms with Crippen LogP contribution in [0.3, 0.4) is 0 Å². The van der Waals surface area contributed by atoms with Crippen molar-refractivity contribution in [2.75, 3.05) is 4.72 Å². The topological polar surface area (TPSA) is 63.2 Å². The van der Waals surface area contributed by atoms with Gasteiger partial charge in [-0.1, -0.05) is 35.3 Å². The lowest BCUT2D eigenvalue weighted by atomic mass is 10.2. The highest BCUT2D eigenvalue weighted by Gasteiger charge is 2.16. The smallest absolute Gasteiger partial charge is 0.261 e. The van der Waals surface area contributed by atoms with E-state index in [1.807, 2.05) is 0 Å². The average molecular weight is 344 g/mol. The van der Waals surface area contributed by atoms with Gasteiger partial charge in [0.15, 0.2) is 5.78 Å². The molecule has 0 amide bonds. The monoisotopic (exact) mass is 343 g/mol. The number of carbonyl (C=O) groups excluding carboxylic acids is 1. The SMILES string of the molecule is CC(=O)c1cccc(S(=O)(=O)Nc2ccc(Cl)c(Cl)c2)c1. The largest absolute Gasteiger partial charge is 0.295 e. The highest BCUT2D eigenvalue weighted by Crippen LogP contribution is 2.26. The van der Waals surface area contributed by atoms with E-state index in [1.54, 1.807) is 6.07 Å². The van der Waals surface area contributed by atoms with E-state index in [2.05, 4.69) is 4.72 Å². The Balaban J connectivity index is 2.36. The molecule has 1 N–H and O–H groups in total. The second-order valence-corrected chi connectivity index (χ2v) is 6.82. The number of Topliss-reactive ketones (excluding diaryl/α,β-unsaturated/α-hetero) is 1. The molecule has 0 fully saturated rings. The predicted molar refractivity (Wildman–Crippen MR) is 83.7 cm³/mol. The van der Waals surface area contributed by atoms with Gasteiger partial charge in [0.25, 0.3) is 10.0 Å². The summed E-state index contributed by atoms with van der Waals surface area (Å²) in [6.45, 7) is 1.37. The molecule has 2 aromatic rings. The molecule has 7 heteroatoms. The van der Waals surface area contributed by atoms with Crippen LogP contribution in [0.5, 0.6) is 0 Å². The minimum atomic E-state index is -3.80. The van der Waals surface area contributed by atoms with Crippen molar-refractivity contribution < 1.29 is 13.2 Å². The van der Waals surface area contributed by atoms with Gasteiger partial charge < -0.3 is 0 Å². The first-order chi connectivity index (χ1) is 9.79. The summed E-state index contributed by atoms with van der Waals surface area (Å²) in [5.41, 5.74) is 0.615. The van der Waals surface area contributed by atoms with Gasteiger partial charge in [-0.2, -0.15) is 0 Å². The van der Waals surface area contributed by atoms with Gasteiger partial charge in [-0.15, -0.1) is 0 Å². The summed E-state index contributed by atoms with van der Waals surface area (Å²) in [5.74, 6) is -0.207. The number of hydrogen-bond acceptors (Lipinski definition) is 3. The molecule has 110 valence electrons. The number of rotatable bonds is 4. The lowest BCUT2D eigenvalue weighted by Gasteiger charge is -2.09. The third-order valence-electron chi connectivity index (χ3n) is 2.72. The summed E-state index contributed by atoms with van der Waals surface area (Å²) >= 11 is 11.6. The van der Waals surface area contributed by atoms with Gasteiger partial charge in [0.2, 0.25) is 0 Å². The number of nitrogens with one attached hydrogen (secondary N) is 1. The number of halogens is 2. The summed E-state index contributed by atoms with van der Waals surface area (Å²) in [6, 6.07) is 10.2. The number of sulfonamides is 1. The average Bonchev–Trinajstić information content (AvgIpc) is 2.43. The Kier molecular flexibility index (Phi) is 4.56. The first-order valence-corrected chi connectivity index (χ1v) is 8.12. The van der Waals surface area contributed by atoms with E-state index in [0.717, 1.165) is 0 Å². The van der Waals surface area contributed by atoms with Gasteiger partial charge in [0.1, 0.15) is 0 Å². The van der Waals surface area contributed by atoms with Crippen LogP contribution in [0.25, 0.3) is 0 Å². The molecular weight excluding hydrogens is 333 g/mol. The lowest BCUT2D eigenvalue weighted by molar-refractivity contribution is 0.101. The van der Waals surface area contributed by atoms with Crippen molar-refractivity contribution >= 4 is 44.7 Å². The molecule has 0 aliphatic carbocycles. The summed E-state index contributed by atoms with van der Waals surface area (Å²) in [4.78, 5) is 11.3. The van der Waals surface area contributed by atoms with Crippen molar-refractivity contribution in [1.29, 1.82) is 0 Å². The van der Waals surface area contributed by atoms with Crippen LogP contribution in [-0.4, -0.2) is 14.2 Å². The molecule has 0 aromatic heterocycles. The fourth-order valence-corrected chi connectivity index (χ4v) is 3.05. The summed E-state index contributed by atoms with van der Waals surface area (Å²) in [5, 5.41) is 0.576. The van der Waals surface area contributed by atoms with E-state index in [0.29, 0.717) is 10.6 Å². The van der Waals surface area contributed by atoms with Gasteiger partial charge in [-0.05, 0) is 37.3 Å². The van der Waals surface area contributed by atoms with Crippen LogP contribution in [0.15, 0.2) is 47.4 Å². The fraction of sp³-hybridized carbons (Fsp3) is 0.0714. The first-order valence-electron chi connectivity index (χ1n) is 5.88. The maximum Gasteiger partial charge on any atom is 0.261 e. The number of carbonyl (C=O) groups is 1. The maximum absolute atomic E-state index is 12.3. The van der Waals surface area contributed by atoms with Crippen molar-refractivity contribution in [3.05, 3.63) is 58.1 Å². The zero-order valence-corrected chi connectivity index (χ0v) is 13.3. The molecule has 0 saturated carbocycles. The van der Waals surface area contributed by atoms with Crippen molar-refractivity contribution in [3.8, 4) is 0 Å². The second kappa shape index (κ2) is 6.05. The van der Waals surface area contributed by atoms with Crippen LogP contribution < -0.4 is 4.72 Å². The Hall–Kier alpha value is -1.56. The van der Waals surface area contributed by atoms with Gasteiger partial charge in [-0.25, -0.2) is 8.42 Å². The number of anilines is 1. The minimum absolute atomic E-state index is 0.00118. The summed E-state index contributed by atoms with van der Waals surface area (Å²) in [7, 11) is -3.80. The van der Waals surface area contributed by atoms with Crippen LogP contribution in [-0.2, 0) is 10.0 Å². The fourth-order valence-electron chi connectivity index (χ4n) is 1.66. The highest BCUT2D eigenvalue weighted by molar-refractivity contribution is 7.92. The minimum Gasteiger partial charge on any atom is -0.295 e. The Morgan fingerprint density at radius 2 is 1.76 bits per heavy atom. The second-order valence-electron chi connectivity index (χ2n) is 4.32. The van der Waals surface area contributed by atoms with Crippen molar-refractivity contribution in [2.45, 2.75) is 11.8 Å². The van der Waals surface area contributed by atoms with Crippen LogP contribution in [0.4, 0.5) is 5.69 Å². The molecule has 0 saturated heterocycles. The third-order valence-corrected chi connectivity index (χ3v) is 4.84. The van der Waals surface area contributed by atoms with Gasteiger partial charge >= 0.3 is 0 Å². The third kappa shape index (κ3) is 3.75. The molecule has 0 unspecified atom stereocenters. The Morgan fingerprint density at radius 1 is 1.05 bits per heavy atom. The van der Waals surface area contributed by atoms with E-state index in [-0.39, 0.29) is 21.4 Å². The molecule has 0 atom stereocenters. The Labute approximate surface area is 132 Å². The Morgan fingerprint density at radius 3 is 2.38 bits per heavy atom. The maximum atomic E-state index is 12.3. The number of benzene rings is 2. The predicted octanol–water partition coefficient (Wildman–Crippen LogP) is 4.00. The van der Waals surface area contributed by atoms with Crippen LogP contribution >= 0.6 is 23.2 Å². The molecule has 4 nitrogen and oxygen atoms in total. The van der Waals surface area contributed by atoms with E-state index in [1.165, 1.54) is 43.3 Å². The van der Waals surface area contributed by atoms with Gasteiger partial charge in [-0.3, -0.25) is 9.52 Å². The van der Waals surface area contributed by atoms with E-state index in [4.69, 9.17) is 23.2 Å². The number of hydrogen-bond donors (Lipinski definition) is 1. The standard InChI is InChI=1S/C14H11Cl2NO3S/c1-9(18)10-3-2-4-12(7-10)21(19,20)17-11-5-6-13(15)14(16)8-11/h2-8,17H,1H3. The molecule has 2 aromatic carbocycles. The van der Waals surface area contributed by atoms with Crippen molar-refractivity contribution in [3.63, 3.8) is 0 Å². The quantitative estimate of drug-likeness (QED) is 0.853. The highest BCUT2D eigenvalue weighted by atomic mass is 35.5. The molecule has 0 aliphatic rings. The van der Waals surface area contributed by atoms with Crippen molar-refractivity contribution in [2.24, 2.45) is 0 Å². The summed E-state index contributed by atoms with van der Waals surface area (Å²) < 4.78 is 26.9. The number of ketones is 1. The molecule has 0 spiro atoms. The molecule has 0 aliphatic heterocycles. The zero-order chi connectivity index (χ0) is 15.6. The molecule has 2 rings (SSSR count). The molecular formula is C14H11Cl2NO3S. The van der Waals surface area contributed by atoms with E-state index >= 15 is 0 Å². The van der Waals surface area contributed by atoms with Gasteiger partial charge in [0.05, 0.1) is 20.6 Å². The Bertz CT molecular complexity index is 804. The van der Waals surface area contributed by atoms with Gasteiger partial charge in [0, 0.05) is 5.56 Å². The lowest BCUT2D eigenvalue weighted by Crippen LogP contribution is -2.13. The molecule has 0 radical (unpaired) electrons. The summed E-state index contributed by atoms with van der Waals surface area (Å²) in [6.07, 6.45) is 0. The molecule has 21 heavy (non-hydrogen) atoms. The van der Waals surface area contributed by atoms with E-state index in [9.17, 15) is 13.2 Å². The normalized spacial score (nSPS) is 11.2. The van der Waals surface area contributed by atoms with E-state index < -0.39 is 10.0 Å². The van der Waals surface area contributed by atoms with Crippen LogP contribution in [0.1, 0.15) is 17.3 Å². The first kappa shape index (κ1) is 15.8.